The summed E-state index contributed by atoms with van der Waals surface area (Å²) in [6.07, 6.45) is -2.05. The number of carbonyl (C=O) groups excluding carboxylic acids is 2. The van der Waals surface area contributed by atoms with Gasteiger partial charge in [0.05, 0.1) is 43.2 Å². The number of ether oxygens (including phenoxy) is 5. The van der Waals surface area contributed by atoms with Gasteiger partial charge in [-0.05, 0) is 59.2 Å². The summed E-state index contributed by atoms with van der Waals surface area (Å²) in [5, 5.41) is 5.23. The number of carbonyl (C=O) groups is 2. The van der Waals surface area contributed by atoms with Crippen molar-refractivity contribution < 1.29 is 33.3 Å². The molecule has 3 aromatic rings. The fourth-order valence-corrected chi connectivity index (χ4v) is 4.44. The first kappa shape index (κ1) is 30.2. The SMILES string of the molecule is C=C(C)OC(=O)N(C(=O)OC(C)(C)C)c1nc(Cl)c2c(CC3COC(C)(C)O3)nn(Cc3ccc(OC)cc3)c2n1. The Morgan fingerprint density at radius 1 is 1.20 bits per heavy atom. The van der Waals surface area contributed by atoms with Crippen LogP contribution in [0.25, 0.3) is 11.0 Å². The maximum Gasteiger partial charge on any atom is 0.431 e. The van der Waals surface area contributed by atoms with Crippen molar-refractivity contribution in [2.75, 3.05) is 18.6 Å². The zero-order chi connectivity index (χ0) is 30.1. The van der Waals surface area contributed by atoms with Crippen LogP contribution in [0.2, 0.25) is 5.15 Å². The molecule has 1 atom stereocenters. The van der Waals surface area contributed by atoms with E-state index in [4.69, 9.17) is 40.4 Å². The first-order chi connectivity index (χ1) is 19.2. The number of hydrogen-bond donors (Lipinski definition) is 0. The Balaban J connectivity index is 1.82. The van der Waals surface area contributed by atoms with Crippen molar-refractivity contribution in [2.24, 2.45) is 0 Å². The van der Waals surface area contributed by atoms with Crippen LogP contribution in [0, 0.1) is 0 Å². The predicted molar refractivity (Wildman–Crippen MR) is 151 cm³/mol. The summed E-state index contributed by atoms with van der Waals surface area (Å²) in [6.45, 7) is 14.4. The molecule has 1 aliphatic heterocycles. The smallest absolute Gasteiger partial charge is 0.431 e. The Bertz CT molecular complexity index is 1460. The van der Waals surface area contributed by atoms with Gasteiger partial charge in [0.25, 0.3) is 0 Å². The van der Waals surface area contributed by atoms with E-state index in [0.717, 1.165) is 5.56 Å². The predicted octanol–water partition coefficient (Wildman–Crippen LogP) is 5.64. The first-order valence-corrected chi connectivity index (χ1v) is 13.3. The number of allylic oxidation sites excluding steroid dienone is 1. The third-order valence-electron chi connectivity index (χ3n) is 5.81. The van der Waals surface area contributed by atoms with Crippen molar-refractivity contribution in [3.63, 3.8) is 0 Å². The number of halogens is 1. The molecule has 0 aliphatic carbocycles. The molecule has 0 saturated carbocycles. The Morgan fingerprint density at radius 2 is 1.88 bits per heavy atom. The second-order valence-corrected chi connectivity index (χ2v) is 11.4. The van der Waals surface area contributed by atoms with Gasteiger partial charge in [-0.2, -0.15) is 15.1 Å². The highest BCUT2D eigenvalue weighted by atomic mass is 35.5. The molecule has 13 heteroatoms. The summed E-state index contributed by atoms with van der Waals surface area (Å²) in [7, 11) is 1.59. The lowest BCUT2D eigenvalue weighted by Gasteiger charge is -2.24. The molecule has 0 N–H and O–H groups in total. The molecule has 1 fully saturated rings. The van der Waals surface area contributed by atoms with Crippen LogP contribution in [0.3, 0.4) is 0 Å². The van der Waals surface area contributed by atoms with Gasteiger partial charge in [0.1, 0.15) is 16.5 Å². The molecule has 3 heterocycles. The number of benzene rings is 1. The molecule has 2 amide bonds. The van der Waals surface area contributed by atoms with Crippen molar-refractivity contribution in [3.8, 4) is 5.75 Å². The van der Waals surface area contributed by atoms with Gasteiger partial charge < -0.3 is 23.7 Å². The van der Waals surface area contributed by atoms with E-state index in [2.05, 4.69) is 16.5 Å². The zero-order valence-corrected chi connectivity index (χ0v) is 24.9. The van der Waals surface area contributed by atoms with E-state index >= 15 is 0 Å². The van der Waals surface area contributed by atoms with Gasteiger partial charge >= 0.3 is 12.2 Å². The number of hydrogen-bond acceptors (Lipinski definition) is 10. The molecule has 1 unspecified atom stereocenters. The average Bonchev–Trinajstić information content (AvgIpc) is 3.37. The van der Waals surface area contributed by atoms with Gasteiger partial charge in [-0.1, -0.05) is 30.3 Å². The van der Waals surface area contributed by atoms with Gasteiger partial charge in [-0.25, -0.2) is 14.3 Å². The summed E-state index contributed by atoms with van der Waals surface area (Å²) >= 11 is 6.72. The molecule has 4 rings (SSSR count). The molecule has 0 spiro atoms. The van der Waals surface area contributed by atoms with Crippen LogP contribution >= 0.6 is 11.6 Å². The second-order valence-electron chi connectivity index (χ2n) is 11.0. The van der Waals surface area contributed by atoms with Crippen molar-refractivity contribution in [2.45, 2.75) is 72.0 Å². The van der Waals surface area contributed by atoms with E-state index in [0.29, 0.717) is 46.9 Å². The van der Waals surface area contributed by atoms with Crippen molar-refractivity contribution in [1.29, 1.82) is 0 Å². The van der Waals surface area contributed by atoms with E-state index in [1.165, 1.54) is 6.92 Å². The number of aromatic nitrogens is 4. The fraction of sp³-hybridized carbons (Fsp3) is 0.464. The number of fused-ring (bicyclic) bond motifs is 1. The topological polar surface area (TPSA) is 127 Å². The molecule has 0 bridgehead atoms. The lowest BCUT2D eigenvalue weighted by molar-refractivity contribution is -0.138. The molecular formula is C28H34ClN5O7. The summed E-state index contributed by atoms with van der Waals surface area (Å²) in [5.41, 5.74) is 0.836. The normalized spacial score (nSPS) is 16.4. The van der Waals surface area contributed by atoms with Gasteiger partial charge in [0.2, 0.25) is 5.95 Å². The highest BCUT2D eigenvalue weighted by Crippen LogP contribution is 2.32. The molecule has 1 aromatic carbocycles. The third kappa shape index (κ3) is 7.32. The Kier molecular flexibility index (Phi) is 8.57. The summed E-state index contributed by atoms with van der Waals surface area (Å²) in [4.78, 5) is 35.6. The maximum absolute atomic E-state index is 13.1. The van der Waals surface area contributed by atoms with Crippen LogP contribution in [-0.2, 0) is 31.9 Å². The molecule has 1 saturated heterocycles. The summed E-state index contributed by atoms with van der Waals surface area (Å²) in [6, 6.07) is 7.45. The van der Waals surface area contributed by atoms with E-state index in [-0.39, 0.29) is 23.0 Å². The number of imide groups is 1. The second kappa shape index (κ2) is 11.6. The number of nitrogens with zero attached hydrogens (tertiary/aromatic N) is 5. The van der Waals surface area contributed by atoms with Gasteiger partial charge in [-0.15, -0.1) is 4.90 Å². The van der Waals surface area contributed by atoms with Gasteiger partial charge in [0, 0.05) is 6.42 Å². The molecule has 1 aliphatic rings. The number of rotatable bonds is 7. The molecule has 220 valence electrons. The van der Waals surface area contributed by atoms with Gasteiger partial charge in [0.15, 0.2) is 11.4 Å². The zero-order valence-electron chi connectivity index (χ0n) is 24.2. The fourth-order valence-electron chi connectivity index (χ4n) is 4.17. The largest absolute Gasteiger partial charge is 0.497 e. The van der Waals surface area contributed by atoms with Crippen LogP contribution in [0.4, 0.5) is 15.5 Å². The van der Waals surface area contributed by atoms with Crippen LogP contribution < -0.4 is 9.64 Å². The quantitative estimate of drug-likeness (QED) is 0.253. The lowest BCUT2D eigenvalue weighted by Crippen LogP contribution is -2.42. The first-order valence-electron chi connectivity index (χ1n) is 12.9. The summed E-state index contributed by atoms with van der Waals surface area (Å²) < 4.78 is 29.2. The van der Waals surface area contributed by atoms with Crippen LogP contribution in [0.1, 0.15) is 52.8 Å². The van der Waals surface area contributed by atoms with E-state index < -0.39 is 23.6 Å². The molecular weight excluding hydrogens is 554 g/mol. The Hall–Kier alpha value is -3.74. The number of amides is 2. The van der Waals surface area contributed by atoms with Gasteiger partial charge in [-0.3, -0.25) is 0 Å². The Labute approximate surface area is 243 Å². The van der Waals surface area contributed by atoms with E-state index in [1.807, 2.05) is 38.1 Å². The van der Waals surface area contributed by atoms with E-state index in [1.54, 1.807) is 32.6 Å². The highest BCUT2D eigenvalue weighted by Gasteiger charge is 2.36. The standard InChI is InChI=1S/C28H34ClN5O7/c1-16(2)39-25(35)34(26(36)41-27(3,4)5)24-30-22(29)21-20(13-19-15-38-28(6,7)40-19)32-33(23(21)31-24)14-17-9-11-18(37-8)12-10-17/h9-12,19H,1,13-15H2,2-8H3. The molecule has 41 heavy (non-hydrogen) atoms. The van der Waals surface area contributed by atoms with Crippen molar-refractivity contribution in [1.82, 2.24) is 19.7 Å². The van der Waals surface area contributed by atoms with Crippen LogP contribution in [-0.4, -0.2) is 63.1 Å². The number of anilines is 1. The monoisotopic (exact) mass is 587 g/mol. The highest BCUT2D eigenvalue weighted by molar-refractivity contribution is 6.34. The third-order valence-corrected chi connectivity index (χ3v) is 6.08. The molecule has 2 aromatic heterocycles. The minimum atomic E-state index is -1.10. The van der Waals surface area contributed by atoms with E-state index in [9.17, 15) is 9.59 Å². The minimum absolute atomic E-state index is 0.0177. The molecule has 12 nitrogen and oxygen atoms in total. The Morgan fingerprint density at radius 3 is 2.44 bits per heavy atom. The molecule has 0 radical (unpaired) electrons. The van der Waals surface area contributed by atoms with Crippen molar-refractivity contribution in [3.05, 3.63) is 53.0 Å². The van der Waals surface area contributed by atoms with Crippen LogP contribution in [0.5, 0.6) is 5.75 Å². The van der Waals surface area contributed by atoms with Crippen molar-refractivity contribution >= 4 is 40.8 Å². The number of methoxy groups -OCH3 is 1. The minimum Gasteiger partial charge on any atom is -0.497 e. The maximum atomic E-state index is 13.1. The average molecular weight is 588 g/mol. The lowest BCUT2D eigenvalue weighted by atomic mass is 10.1. The van der Waals surface area contributed by atoms with Crippen LogP contribution in [0.15, 0.2) is 36.6 Å². The summed E-state index contributed by atoms with van der Waals surface area (Å²) in [5.74, 6) is -0.300.